The van der Waals surface area contributed by atoms with Gasteiger partial charge in [-0.1, -0.05) is 18.2 Å². The molecule has 0 atom stereocenters. The van der Waals surface area contributed by atoms with Crippen molar-refractivity contribution in [2.75, 3.05) is 11.4 Å². The molecule has 4 nitrogen and oxygen atoms in total. The number of hydrogen-bond acceptors (Lipinski definition) is 2. The van der Waals surface area contributed by atoms with E-state index in [9.17, 15) is 9.59 Å². The number of nitrogens with two attached hydrogens (primary N) is 1. The van der Waals surface area contributed by atoms with E-state index in [0.29, 0.717) is 5.69 Å². The zero-order valence-corrected chi connectivity index (χ0v) is 7.93. The fraction of sp³-hybridized carbons (Fsp3) is 0.200. The van der Waals surface area contributed by atoms with Crippen LogP contribution in [0.25, 0.3) is 0 Å². The number of rotatable bonds is 3. The van der Waals surface area contributed by atoms with Gasteiger partial charge in [0.1, 0.15) is 6.54 Å². The van der Waals surface area contributed by atoms with Gasteiger partial charge in [-0.15, -0.1) is 0 Å². The number of hydrogen-bond donors (Lipinski definition) is 1. The zero-order valence-electron chi connectivity index (χ0n) is 7.93. The summed E-state index contributed by atoms with van der Waals surface area (Å²) < 4.78 is 0. The van der Waals surface area contributed by atoms with Gasteiger partial charge >= 0.3 is 0 Å². The molecule has 14 heavy (non-hydrogen) atoms. The average molecular weight is 192 g/mol. The molecule has 0 aliphatic carbocycles. The third-order valence-corrected chi connectivity index (χ3v) is 1.76. The van der Waals surface area contributed by atoms with Gasteiger partial charge in [-0.05, 0) is 12.1 Å². The van der Waals surface area contributed by atoms with Crippen LogP contribution < -0.4 is 10.6 Å². The minimum absolute atomic E-state index is 0.0840. The van der Waals surface area contributed by atoms with Crippen molar-refractivity contribution in [3.05, 3.63) is 30.3 Å². The van der Waals surface area contributed by atoms with E-state index in [1.165, 1.54) is 11.8 Å². The average Bonchev–Trinajstić information content (AvgIpc) is 2.15. The van der Waals surface area contributed by atoms with E-state index in [0.717, 1.165) is 0 Å². The second kappa shape index (κ2) is 4.41. The Balaban J connectivity index is 2.89. The van der Waals surface area contributed by atoms with Crippen LogP contribution in [0.5, 0.6) is 0 Å². The van der Waals surface area contributed by atoms with Crippen molar-refractivity contribution in [3.63, 3.8) is 0 Å². The maximum atomic E-state index is 11.2. The van der Waals surface area contributed by atoms with Crippen molar-refractivity contribution in [1.29, 1.82) is 0 Å². The lowest BCUT2D eigenvalue weighted by Crippen LogP contribution is -2.37. The van der Waals surface area contributed by atoms with Gasteiger partial charge in [0.25, 0.3) is 0 Å². The molecule has 1 aromatic carbocycles. The lowest BCUT2D eigenvalue weighted by Gasteiger charge is -2.18. The zero-order chi connectivity index (χ0) is 10.6. The molecule has 1 aromatic rings. The SMILES string of the molecule is CC(=O)N(CC(N)=O)c1ccccc1. The molecule has 2 amide bonds. The number of carbonyl (C=O) groups excluding carboxylic acids is 2. The molecule has 2 N–H and O–H groups in total. The highest BCUT2D eigenvalue weighted by molar-refractivity contribution is 5.96. The largest absolute Gasteiger partial charge is 0.368 e. The monoisotopic (exact) mass is 192 g/mol. The highest BCUT2D eigenvalue weighted by Crippen LogP contribution is 2.12. The van der Waals surface area contributed by atoms with Crippen LogP contribution in [0.1, 0.15) is 6.92 Å². The summed E-state index contributed by atoms with van der Waals surface area (Å²) in [5.41, 5.74) is 5.72. The van der Waals surface area contributed by atoms with E-state index < -0.39 is 5.91 Å². The minimum Gasteiger partial charge on any atom is -0.368 e. The molecule has 0 heterocycles. The molecule has 0 spiro atoms. The summed E-state index contributed by atoms with van der Waals surface area (Å²) in [6.45, 7) is 1.31. The molecular weight excluding hydrogens is 180 g/mol. The molecule has 0 aliphatic rings. The van der Waals surface area contributed by atoms with Crippen LogP contribution in [0, 0.1) is 0 Å². The molecule has 0 aliphatic heterocycles. The highest BCUT2D eigenvalue weighted by Gasteiger charge is 2.12. The molecule has 0 saturated heterocycles. The van der Waals surface area contributed by atoms with Gasteiger partial charge in [-0.3, -0.25) is 9.59 Å². The van der Waals surface area contributed by atoms with E-state index in [1.54, 1.807) is 24.3 Å². The number of anilines is 1. The van der Waals surface area contributed by atoms with Crippen LogP contribution in [0.2, 0.25) is 0 Å². The fourth-order valence-electron chi connectivity index (χ4n) is 1.15. The van der Waals surface area contributed by atoms with E-state index in [4.69, 9.17) is 5.73 Å². The van der Waals surface area contributed by atoms with Crippen molar-refractivity contribution < 1.29 is 9.59 Å². The van der Waals surface area contributed by atoms with Gasteiger partial charge in [-0.25, -0.2) is 0 Å². The molecule has 0 saturated carbocycles. The molecule has 0 fully saturated rings. The van der Waals surface area contributed by atoms with Crippen LogP contribution in [-0.4, -0.2) is 18.4 Å². The van der Waals surface area contributed by atoms with Gasteiger partial charge in [0.2, 0.25) is 11.8 Å². The second-order valence-electron chi connectivity index (χ2n) is 2.91. The first-order valence-corrected chi connectivity index (χ1v) is 4.22. The Morgan fingerprint density at radius 1 is 1.29 bits per heavy atom. The van der Waals surface area contributed by atoms with Gasteiger partial charge in [0, 0.05) is 12.6 Å². The van der Waals surface area contributed by atoms with Gasteiger partial charge in [0.15, 0.2) is 0 Å². The Labute approximate surface area is 82.3 Å². The van der Waals surface area contributed by atoms with Crippen molar-refractivity contribution in [2.45, 2.75) is 6.92 Å². The smallest absolute Gasteiger partial charge is 0.237 e. The number of amides is 2. The quantitative estimate of drug-likeness (QED) is 0.759. The summed E-state index contributed by atoms with van der Waals surface area (Å²) >= 11 is 0. The molecule has 74 valence electrons. The van der Waals surface area contributed by atoms with E-state index in [-0.39, 0.29) is 12.5 Å². The summed E-state index contributed by atoms with van der Waals surface area (Å²) in [5, 5.41) is 0. The maximum absolute atomic E-state index is 11.2. The predicted molar refractivity (Wildman–Crippen MR) is 53.7 cm³/mol. The Morgan fingerprint density at radius 3 is 2.29 bits per heavy atom. The molecule has 0 radical (unpaired) electrons. The van der Waals surface area contributed by atoms with Crippen LogP contribution in [0.3, 0.4) is 0 Å². The first-order chi connectivity index (χ1) is 6.61. The van der Waals surface area contributed by atoms with Crippen molar-refractivity contribution in [3.8, 4) is 0 Å². The highest BCUT2D eigenvalue weighted by atomic mass is 16.2. The maximum Gasteiger partial charge on any atom is 0.237 e. The molecule has 1 rings (SSSR count). The normalized spacial score (nSPS) is 9.50. The minimum atomic E-state index is -0.524. The van der Waals surface area contributed by atoms with E-state index >= 15 is 0 Å². The lowest BCUT2D eigenvalue weighted by atomic mass is 10.3. The second-order valence-corrected chi connectivity index (χ2v) is 2.91. The fourth-order valence-corrected chi connectivity index (χ4v) is 1.15. The Morgan fingerprint density at radius 2 is 1.86 bits per heavy atom. The van der Waals surface area contributed by atoms with Crippen molar-refractivity contribution in [2.24, 2.45) is 5.73 Å². The summed E-state index contributed by atoms with van der Waals surface area (Å²) in [6.07, 6.45) is 0. The lowest BCUT2D eigenvalue weighted by molar-refractivity contribution is -0.121. The predicted octanol–water partition coefficient (Wildman–Crippen LogP) is 0.525. The van der Waals surface area contributed by atoms with Crippen molar-refractivity contribution >= 4 is 17.5 Å². The number of benzene rings is 1. The molecule has 0 aromatic heterocycles. The first-order valence-electron chi connectivity index (χ1n) is 4.22. The van der Waals surface area contributed by atoms with E-state index in [2.05, 4.69) is 0 Å². The number of nitrogens with zero attached hydrogens (tertiary/aromatic N) is 1. The summed E-state index contributed by atoms with van der Waals surface area (Å²) in [5.74, 6) is -0.723. The number of carbonyl (C=O) groups is 2. The van der Waals surface area contributed by atoms with Crippen LogP contribution in [0.4, 0.5) is 5.69 Å². The molecule has 0 unspecified atom stereocenters. The van der Waals surface area contributed by atoms with E-state index in [1.807, 2.05) is 6.07 Å². The van der Waals surface area contributed by atoms with Gasteiger partial charge in [0.05, 0.1) is 0 Å². The first kappa shape index (κ1) is 10.2. The Hall–Kier alpha value is -1.84. The summed E-state index contributed by atoms with van der Waals surface area (Å²) in [4.78, 5) is 23.2. The van der Waals surface area contributed by atoms with Gasteiger partial charge in [-0.2, -0.15) is 0 Å². The van der Waals surface area contributed by atoms with Crippen LogP contribution in [-0.2, 0) is 9.59 Å². The standard InChI is InChI=1S/C10H12N2O2/c1-8(13)12(7-10(11)14)9-5-3-2-4-6-9/h2-6H,7H2,1H3,(H2,11,14). The number of para-hydroxylation sites is 1. The third-order valence-electron chi connectivity index (χ3n) is 1.76. The third kappa shape index (κ3) is 2.58. The molecule has 4 heteroatoms. The number of primary amides is 1. The molecule has 0 bridgehead atoms. The molecular formula is C10H12N2O2. The van der Waals surface area contributed by atoms with Crippen LogP contribution >= 0.6 is 0 Å². The van der Waals surface area contributed by atoms with Crippen molar-refractivity contribution in [1.82, 2.24) is 0 Å². The summed E-state index contributed by atoms with van der Waals surface area (Å²) in [6, 6.07) is 8.94. The Kier molecular flexibility index (Phi) is 3.23. The summed E-state index contributed by atoms with van der Waals surface area (Å²) in [7, 11) is 0. The van der Waals surface area contributed by atoms with Gasteiger partial charge < -0.3 is 10.6 Å². The topological polar surface area (TPSA) is 63.4 Å². The van der Waals surface area contributed by atoms with Crippen LogP contribution in [0.15, 0.2) is 30.3 Å². The Bertz CT molecular complexity index is 335.